The molecule has 1 fully saturated rings. The Morgan fingerprint density at radius 2 is 2.08 bits per heavy atom. The lowest BCUT2D eigenvalue weighted by molar-refractivity contribution is 0.128. The van der Waals surface area contributed by atoms with Crippen molar-refractivity contribution in [2.75, 3.05) is 6.54 Å². The first-order chi connectivity index (χ1) is 12.8. The molecule has 0 unspecified atom stereocenters. The highest BCUT2D eigenvalue weighted by Crippen LogP contribution is 2.28. The van der Waals surface area contributed by atoms with Crippen molar-refractivity contribution in [3.63, 3.8) is 0 Å². The molecule has 0 aliphatic carbocycles. The number of furan rings is 1. The summed E-state index contributed by atoms with van der Waals surface area (Å²) >= 11 is 0. The van der Waals surface area contributed by atoms with E-state index in [-0.39, 0.29) is 0 Å². The van der Waals surface area contributed by atoms with Crippen LogP contribution in [0, 0.1) is 6.92 Å². The molecule has 1 saturated heterocycles. The van der Waals surface area contributed by atoms with Crippen LogP contribution in [-0.2, 0) is 13.1 Å². The number of hydrogen-bond donors (Lipinski definition) is 0. The second kappa shape index (κ2) is 7.92. The van der Waals surface area contributed by atoms with Gasteiger partial charge in [-0.3, -0.25) is 4.90 Å². The van der Waals surface area contributed by atoms with Crippen molar-refractivity contribution in [2.24, 2.45) is 0 Å². The van der Waals surface area contributed by atoms with Gasteiger partial charge in [0.1, 0.15) is 11.6 Å². The fourth-order valence-electron chi connectivity index (χ4n) is 4.07. The van der Waals surface area contributed by atoms with E-state index >= 15 is 0 Å². The van der Waals surface area contributed by atoms with Gasteiger partial charge in [0.25, 0.3) is 0 Å². The van der Waals surface area contributed by atoms with Gasteiger partial charge in [0, 0.05) is 37.1 Å². The average molecular weight is 349 g/mol. The molecule has 0 bridgehead atoms. The quantitative estimate of drug-likeness (QED) is 0.635. The van der Waals surface area contributed by atoms with E-state index in [1.807, 2.05) is 18.3 Å². The van der Waals surface area contributed by atoms with E-state index in [1.165, 1.54) is 43.4 Å². The van der Waals surface area contributed by atoms with Crippen LogP contribution in [0.2, 0.25) is 0 Å². The summed E-state index contributed by atoms with van der Waals surface area (Å²) in [6.45, 7) is 5.30. The topological polar surface area (TPSA) is 34.2 Å². The van der Waals surface area contributed by atoms with Gasteiger partial charge >= 0.3 is 0 Å². The van der Waals surface area contributed by atoms with E-state index in [2.05, 4.69) is 51.8 Å². The zero-order valence-electron chi connectivity index (χ0n) is 15.5. The van der Waals surface area contributed by atoms with E-state index in [1.54, 1.807) is 6.26 Å². The van der Waals surface area contributed by atoms with Gasteiger partial charge < -0.3 is 8.98 Å². The minimum Gasteiger partial charge on any atom is -0.464 e. The summed E-state index contributed by atoms with van der Waals surface area (Å²) in [5.74, 6) is 2.07. The van der Waals surface area contributed by atoms with Crippen molar-refractivity contribution in [1.82, 2.24) is 14.5 Å². The fraction of sp³-hybridized carbons (Fsp3) is 0.409. The SMILES string of the molecule is Cc1nccn1CC[C@H]1CCCCN1Cc1ccccc1-c1ccco1. The van der Waals surface area contributed by atoms with Gasteiger partial charge in [-0.25, -0.2) is 4.98 Å². The standard InChI is InChI=1S/C22H27N3O/c1-18-23-12-15-24(18)14-11-20-8-4-5-13-25(20)17-19-7-2-3-9-21(19)22-10-6-16-26-22/h2-3,6-7,9-10,12,15-16,20H,4-5,8,11,13-14,17H2,1H3/t20-/m1/s1. The van der Waals surface area contributed by atoms with Gasteiger partial charge in [-0.05, 0) is 50.4 Å². The molecule has 0 radical (unpaired) electrons. The van der Waals surface area contributed by atoms with Crippen LogP contribution in [0.1, 0.15) is 37.1 Å². The molecule has 0 spiro atoms. The van der Waals surface area contributed by atoms with Crippen LogP contribution in [-0.4, -0.2) is 27.0 Å². The minimum atomic E-state index is 0.634. The molecule has 2 aromatic heterocycles. The second-order valence-electron chi connectivity index (χ2n) is 7.21. The van der Waals surface area contributed by atoms with Gasteiger partial charge in [-0.2, -0.15) is 0 Å². The lowest BCUT2D eigenvalue weighted by atomic mass is 9.97. The number of piperidine rings is 1. The minimum absolute atomic E-state index is 0.634. The third-order valence-electron chi connectivity index (χ3n) is 5.55. The van der Waals surface area contributed by atoms with Crippen LogP contribution in [0.25, 0.3) is 11.3 Å². The van der Waals surface area contributed by atoms with Crippen molar-refractivity contribution >= 4 is 0 Å². The number of aryl methyl sites for hydroxylation is 2. The molecule has 0 N–H and O–H groups in total. The number of likely N-dealkylation sites (tertiary alicyclic amines) is 1. The molecule has 0 amide bonds. The Hall–Kier alpha value is -2.33. The first-order valence-electron chi connectivity index (χ1n) is 9.65. The van der Waals surface area contributed by atoms with E-state index in [0.29, 0.717) is 6.04 Å². The van der Waals surface area contributed by atoms with Gasteiger partial charge in [-0.15, -0.1) is 0 Å². The molecule has 1 aliphatic heterocycles. The highest BCUT2D eigenvalue weighted by atomic mass is 16.3. The molecule has 3 aromatic rings. The monoisotopic (exact) mass is 349 g/mol. The van der Waals surface area contributed by atoms with Crippen LogP contribution in [0.4, 0.5) is 0 Å². The van der Waals surface area contributed by atoms with Crippen molar-refractivity contribution < 1.29 is 4.42 Å². The Morgan fingerprint density at radius 3 is 2.88 bits per heavy atom. The summed E-state index contributed by atoms with van der Waals surface area (Å²) in [4.78, 5) is 7.01. The summed E-state index contributed by atoms with van der Waals surface area (Å²) in [6.07, 6.45) is 10.8. The predicted octanol–water partition coefficient (Wildman–Crippen LogP) is 4.90. The number of benzene rings is 1. The highest BCUT2D eigenvalue weighted by Gasteiger charge is 2.23. The molecular weight excluding hydrogens is 322 g/mol. The summed E-state index contributed by atoms with van der Waals surface area (Å²) < 4.78 is 7.92. The number of nitrogens with zero attached hydrogens (tertiary/aromatic N) is 3. The molecule has 3 heterocycles. The summed E-state index contributed by atoms with van der Waals surface area (Å²) in [5, 5.41) is 0. The van der Waals surface area contributed by atoms with Gasteiger partial charge in [0.15, 0.2) is 0 Å². The number of rotatable bonds is 6. The fourth-order valence-corrected chi connectivity index (χ4v) is 4.07. The normalized spacial score (nSPS) is 18.3. The number of aromatic nitrogens is 2. The molecular formula is C22H27N3O. The van der Waals surface area contributed by atoms with Crippen LogP contribution in [0.5, 0.6) is 0 Å². The maximum atomic E-state index is 5.66. The first-order valence-corrected chi connectivity index (χ1v) is 9.65. The second-order valence-corrected chi connectivity index (χ2v) is 7.21. The zero-order chi connectivity index (χ0) is 17.8. The Labute approximate surface area is 155 Å². The van der Waals surface area contributed by atoms with Gasteiger partial charge in [0.2, 0.25) is 0 Å². The molecule has 26 heavy (non-hydrogen) atoms. The van der Waals surface area contributed by atoms with Crippen LogP contribution < -0.4 is 0 Å². The molecule has 0 saturated carbocycles. The molecule has 1 aliphatic rings. The predicted molar refractivity (Wildman–Crippen MR) is 104 cm³/mol. The molecule has 4 heteroatoms. The van der Waals surface area contributed by atoms with Crippen LogP contribution in [0.3, 0.4) is 0 Å². The summed E-state index contributed by atoms with van der Waals surface area (Å²) in [6, 6.07) is 13.3. The number of hydrogen-bond acceptors (Lipinski definition) is 3. The maximum absolute atomic E-state index is 5.66. The Kier molecular flexibility index (Phi) is 5.21. The summed E-state index contributed by atoms with van der Waals surface area (Å²) in [5.41, 5.74) is 2.57. The smallest absolute Gasteiger partial charge is 0.134 e. The van der Waals surface area contributed by atoms with Crippen molar-refractivity contribution in [1.29, 1.82) is 0 Å². The molecule has 1 atom stereocenters. The highest BCUT2D eigenvalue weighted by molar-refractivity contribution is 5.61. The first kappa shape index (κ1) is 17.1. The van der Waals surface area contributed by atoms with Crippen molar-refractivity contribution in [2.45, 2.75) is 51.7 Å². The zero-order valence-corrected chi connectivity index (χ0v) is 15.5. The van der Waals surface area contributed by atoms with E-state index in [0.717, 1.165) is 24.7 Å². The van der Waals surface area contributed by atoms with Crippen LogP contribution in [0.15, 0.2) is 59.5 Å². The summed E-state index contributed by atoms with van der Waals surface area (Å²) in [7, 11) is 0. The van der Waals surface area contributed by atoms with Gasteiger partial charge in [0.05, 0.1) is 6.26 Å². The Balaban J connectivity index is 1.48. The van der Waals surface area contributed by atoms with Crippen molar-refractivity contribution in [3.8, 4) is 11.3 Å². The Morgan fingerprint density at radius 1 is 1.15 bits per heavy atom. The Bertz CT molecular complexity index is 822. The molecule has 1 aromatic carbocycles. The molecule has 136 valence electrons. The third-order valence-corrected chi connectivity index (χ3v) is 5.55. The largest absolute Gasteiger partial charge is 0.464 e. The van der Waals surface area contributed by atoms with E-state index in [4.69, 9.17) is 4.42 Å². The number of imidazole rings is 1. The van der Waals surface area contributed by atoms with Gasteiger partial charge in [-0.1, -0.05) is 30.7 Å². The molecule has 4 nitrogen and oxygen atoms in total. The lowest BCUT2D eigenvalue weighted by Gasteiger charge is -2.36. The third kappa shape index (κ3) is 3.75. The molecule has 4 rings (SSSR count). The van der Waals surface area contributed by atoms with Crippen molar-refractivity contribution in [3.05, 3.63) is 66.4 Å². The van der Waals surface area contributed by atoms with E-state index < -0.39 is 0 Å². The maximum Gasteiger partial charge on any atom is 0.134 e. The lowest BCUT2D eigenvalue weighted by Crippen LogP contribution is -2.39. The van der Waals surface area contributed by atoms with E-state index in [9.17, 15) is 0 Å². The van der Waals surface area contributed by atoms with Crippen LogP contribution >= 0.6 is 0 Å². The average Bonchev–Trinajstić information content (AvgIpc) is 3.33.